The van der Waals surface area contributed by atoms with Gasteiger partial charge in [-0.15, -0.1) is 0 Å². The van der Waals surface area contributed by atoms with Gasteiger partial charge in [0, 0.05) is 24.1 Å². The van der Waals surface area contributed by atoms with E-state index >= 15 is 0 Å². The van der Waals surface area contributed by atoms with Crippen LogP contribution in [-0.2, 0) is 17.8 Å². The normalized spacial score (nSPS) is 11.8. The van der Waals surface area contributed by atoms with Gasteiger partial charge in [-0.3, -0.25) is 9.78 Å². The maximum Gasteiger partial charge on any atom is 0.224 e. The predicted molar refractivity (Wildman–Crippen MR) is 95.8 cm³/mol. The second-order valence-corrected chi connectivity index (χ2v) is 5.83. The minimum absolute atomic E-state index is 0.0289. The average Bonchev–Trinajstić information content (AvgIpc) is 2.60. The van der Waals surface area contributed by atoms with E-state index in [1.54, 1.807) is 6.20 Å². The third-order valence-electron chi connectivity index (χ3n) is 4.00. The first-order valence-electron chi connectivity index (χ1n) is 8.26. The second-order valence-electron chi connectivity index (χ2n) is 5.83. The third-order valence-corrected chi connectivity index (χ3v) is 4.00. The Bertz CT molecular complexity index is 652. The molecule has 0 aliphatic carbocycles. The van der Waals surface area contributed by atoms with Crippen LogP contribution in [0.1, 0.15) is 30.2 Å². The Labute approximate surface area is 143 Å². The number of hydrogen-bond donors (Lipinski definition) is 3. The van der Waals surface area contributed by atoms with Gasteiger partial charge in [-0.05, 0) is 42.7 Å². The van der Waals surface area contributed by atoms with E-state index in [9.17, 15) is 4.79 Å². The Kier molecular flexibility index (Phi) is 6.75. The molecule has 0 aliphatic rings. The molecule has 0 radical (unpaired) electrons. The maximum atomic E-state index is 11.9. The minimum Gasteiger partial charge on any atom is -0.394 e. The average molecular weight is 327 g/mol. The van der Waals surface area contributed by atoms with Crippen molar-refractivity contribution in [2.75, 3.05) is 11.9 Å². The molecule has 0 saturated heterocycles. The molecule has 1 heterocycles. The summed E-state index contributed by atoms with van der Waals surface area (Å²) in [6.45, 7) is 4.62. The zero-order valence-corrected chi connectivity index (χ0v) is 14.2. The van der Waals surface area contributed by atoms with Gasteiger partial charge in [0.25, 0.3) is 0 Å². The summed E-state index contributed by atoms with van der Waals surface area (Å²) in [6, 6.07) is 11.6. The lowest BCUT2D eigenvalue weighted by molar-refractivity contribution is -0.121. The van der Waals surface area contributed by atoms with E-state index in [1.807, 2.05) is 44.2 Å². The Morgan fingerprint density at radius 2 is 2.00 bits per heavy atom. The minimum atomic E-state index is -0.166. The number of anilines is 1. The molecule has 1 aromatic heterocycles. The number of aliphatic hydroxyl groups excluding tert-OH is 1. The van der Waals surface area contributed by atoms with E-state index in [0.29, 0.717) is 13.0 Å². The molecule has 1 atom stereocenters. The molecule has 128 valence electrons. The molecule has 3 N–H and O–H groups in total. The van der Waals surface area contributed by atoms with Crippen molar-refractivity contribution in [1.29, 1.82) is 0 Å². The monoisotopic (exact) mass is 327 g/mol. The van der Waals surface area contributed by atoms with Gasteiger partial charge in [0.1, 0.15) is 0 Å². The van der Waals surface area contributed by atoms with Crippen LogP contribution in [0.3, 0.4) is 0 Å². The number of pyridine rings is 1. The molecule has 5 nitrogen and oxygen atoms in total. The highest BCUT2D eigenvalue weighted by molar-refractivity contribution is 5.79. The molecule has 2 rings (SSSR count). The molecular formula is C19H25N3O2. The number of aliphatic hydroxyl groups is 1. The fourth-order valence-corrected chi connectivity index (χ4v) is 2.38. The summed E-state index contributed by atoms with van der Waals surface area (Å²) in [4.78, 5) is 16.2. The second kappa shape index (κ2) is 9.03. The SMILES string of the molecule is CCC(CO)NC(=O)Cc1ccc(NCc2cccnc2C)cc1. The van der Waals surface area contributed by atoms with E-state index in [2.05, 4.69) is 21.7 Å². The lowest BCUT2D eigenvalue weighted by Crippen LogP contribution is -2.37. The van der Waals surface area contributed by atoms with Gasteiger partial charge >= 0.3 is 0 Å². The van der Waals surface area contributed by atoms with Crippen molar-refractivity contribution in [3.63, 3.8) is 0 Å². The molecule has 0 saturated carbocycles. The molecule has 2 aromatic rings. The van der Waals surface area contributed by atoms with Crippen molar-refractivity contribution in [2.45, 2.75) is 39.3 Å². The van der Waals surface area contributed by atoms with E-state index in [-0.39, 0.29) is 18.6 Å². The zero-order chi connectivity index (χ0) is 17.4. The fraction of sp³-hybridized carbons (Fsp3) is 0.368. The van der Waals surface area contributed by atoms with Crippen LogP contribution in [0.15, 0.2) is 42.6 Å². The van der Waals surface area contributed by atoms with E-state index in [0.717, 1.165) is 28.9 Å². The standard InChI is InChI=1S/C19H25N3O2/c1-3-17(13-23)22-19(24)11-15-6-8-18(9-7-15)21-12-16-5-4-10-20-14(16)2/h4-10,17,21,23H,3,11-13H2,1-2H3,(H,22,24). The number of carbonyl (C=O) groups excluding carboxylic acids is 1. The highest BCUT2D eigenvalue weighted by Gasteiger charge is 2.09. The first-order valence-corrected chi connectivity index (χ1v) is 8.26. The molecule has 1 aromatic carbocycles. The fourth-order valence-electron chi connectivity index (χ4n) is 2.38. The summed E-state index contributed by atoms with van der Waals surface area (Å²) >= 11 is 0. The number of nitrogens with zero attached hydrogens (tertiary/aromatic N) is 1. The third kappa shape index (κ3) is 5.35. The number of aromatic nitrogens is 1. The molecule has 1 amide bonds. The van der Waals surface area contributed by atoms with Gasteiger partial charge in [-0.2, -0.15) is 0 Å². The zero-order valence-electron chi connectivity index (χ0n) is 14.2. The van der Waals surface area contributed by atoms with Crippen LogP contribution in [0.4, 0.5) is 5.69 Å². The van der Waals surface area contributed by atoms with Crippen molar-refractivity contribution in [3.8, 4) is 0 Å². The lowest BCUT2D eigenvalue weighted by atomic mass is 10.1. The molecule has 0 bridgehead atoms. The number of amides is 1. The van der Waals surface area contributed by atoms with Crippen molar-refractivity contribution in [1.82, 2.24) is 10.3 Å². The lowest BCUT2D eigenvalue weighted by Gasteiger charge is -2.14. The van der Waals surface area contributed by atoms with Gasteiger partial charge in [0.15, 0.2) is 0 Å². The first kappa shape index (κ1) is 17.9. The summed E-state index contributed by atoms with van der Waals surface area (Å²) in [5.74, 6) is -0.0670. The first-order chi connectivity index (χ1) is 11.6. The van der Waals surface area contributed by atoms with Crippen LogP contribution in [0.2, 0.25) is 0 Å². The highest BCUT2D eigenvalue weighted by atomic mass is 16.3. The van der Waals surface area contributed by atoms with Crippen LogP contribution < -0.4 is 10.6 Å². The molecule has 0 aliphatic heterocycles. The van der Waals surface area contributed by atoms with Gasteiger partial charge in [0.2, 0.25) is 5.91 Å². The van der Waals surface area contributed by atoms with Crippen LogP contribution in [0.25, 0.3) is 0 Å². The van der Waals surface area contributed by atoms with E-state index in [1.165, 1.54) is 0 Å². The van der Waals surface area contributed by atoms with Gasteiger partial charge in [0.05, 0.1) is 19.1 Å². The Hall–Kier alpha value is -2.40. The molecule has 24 heavy (non-hydrogen) atoms. The quantitative estimate of drug-likeness (QED) is 0.696. The summed E-state index contributed by atoms with van der Waals surface area (Å²) < 4.78 is 0. The Morgan fingerprint density at radius 1 is 1.25 bits per heavy atom. The van der Waals surface area contributed by atoms with Crippen molar-refractivity contribution in [3.05, 3.63) is 59.4 Å². The van der Waals surface area contributed by atoms with E-state index in [4.69, 9.17) is 5.11 Å². The largest absolute Gasteiger partial charge is 0.394 e. The smallest absolute Gasteiger partial charge is 0.224 e. The maximum absolute atomic E-state index is 11.9. The molecule has 0 fully saturated rings. The van der Waals surface area contributed by atoms with Crippen LogP contribution in [0, 0.1) is 6.92 Å². The number of carbonyl (C=O) groups is 1. The summed E-state index contributed by atoms with van der Waals surface area (Å²) in [5.41, 5.74) is 4.14. The van der Waals surface area contributed by atoms with Crippen molar-refractivity contribution < 1.29 is 9.90 Å². The predicted octanol–water partition coefficient (Wildman–Crippen LogP) is 2.43. The van der Waals surface area contributed by atoms with Crippen LogP contribution in [0.5, 0.6) is 0 Å². The molecule has 0 spiro atoms. The molecule has 1 unspecified atom stereocenters. The van der Waals surface area contributed by atoms with Crippen LogP contribution >= 0.6 is 0 Å². The highest BCUT2D eigenvalue weighted by Crippen LogP contribution is 2.13. The van der Waals surface area contributed by atoms with Crippen LogP contribution in [-0.4, -0.2) is 28.6 Å². The summed E-state index contributed by atoms with van der Waals surface area (Å²) in [6.07, 6.45) is 2.83. The number of hydrogen-bond acceptors (Lipinski definition) is 4. The van der Waals surface area contributed by atoms with Crippen molar-refractivity contribution >= 4 is 11.6 Å². The summed E-state index contributed by atoms with van der Waals surface area (Å²) in [5, 5.41) is 15.3. The Morgan fingerprint density at radius 3 is 2.62 bits per heavy atom. The number of rotatable bonds is 8. The van der Waals surface area contributed by atoms with Gasteiger partial charge in [-0.1, -0.05) is 25.1 Å². The molecular weight excluding hydrogens is 302 g/mol. The van der Waals surface area contributed by atoms with E-state index < -0.39 is 0 Å². The Balaban J connectivity index is 1.86. The topological polar surface area (TPSA) is 74.2 Å². The van der Waals surface area contributed by atoms with Gasteiger partial charge < -0.3 is 15.7 Å². The number of nitrogens with one attached hydrogen (secondary N) is 2. The molecule has 5 heteroatoms. The number of aryl methyl sites for hydroxylation is 1. The van der Waals surface area contributed by atoms with Gasteiger partial charge in [-0.25, -0.2) is 0 Å². The number of benzene rings is 1. The summed E-state index contributed by atoms with van der Waals surface area (Å²) in [7, 11) is 0. The van der Waals surface area contributed by atoms with Crippen molar-refractivity contribution in [2.24, 2.45) is 0 Å².